The van der Waals surface area contributed by atoms with Crippen LogP contribution in [-0.2, 0) is 9.53 Å². The Labute approximate surface area is 180 Å². The third-order valence-corrected chi connectivity index (χ3v) is 4.48. The van der Waals surface area contributed by atoms with Gasteiger partial charge < -0.3 is 4.74 Å². The van der Waals surface area contributed by atoms with Crippen LogP contribution >= 0.6 is 0 Å². The van der Waals surface area contributed by atoms with Crippen molar-refractivity contribution in [2.75, 3.05) is 6.61 Å². The molecule has 0 bridgehead atoms. The fourth-order valence-corrected chi connectivity index (χ4v) is 2.88. The third kappa shape index (κ3) is 5.96. The third-order valence-electron chi connectivity index (χ3n) is 4.48. The molecule has 0 heterocycles. The average molecular weight is 414 g/mol. The van der Waals surface area contributed by atoms with E-state index in [1.54, 1.807) is 49.4 Å². The van der Waals surface area contributed by atoms with Gasteiger partial charge in [-0.25, -0.2) is 10.2 Å². The van der Waals surface area contributed by atoms with E-state index in [1.165, 1.54) is 0 Å². The summed E-state index contributed by atoms with van der Waals surface area (Å²) in [5.74, 6) is -1.53. The normalized spacial score (nSPS) is 10.9. The number of hydrogen-bond donors (Lipinski definition) is 1. The number of rotatable bonds is 8. The Morgan fingerprint density at radius 2 is 1.35 bits per heavy atom. The van der Waals surface area contributed by atoms with Crippen LogP contribution < -0.4 is 5.43 Å². The Hall–Kier alpha value is -4.06. The number of hydrogen-bond acceptors (Lipinski definition) is 5. The Bertz CT molecular complexity index is 1080. The van der Waals surface area contributed by atoms with E-state index in [4.69, 9.17) is 4.74 Å². The summed E-state index contributed by atoms with van der Waals surface area (Å²) in [5, 5.41) is 3.89. The SMILES string of the molecule is CCOC(=O)/C(CC(=O)c1ccccc1)=N\NC(=O)c1ccc(-c2ccccc2)cc1. The van der Waals surface area contributed by atoms with Gasteiger partial charge in [0.05, 0.1) is 13.0 Å². The molecule has 6 nitrogen and oxygen atoms in total. The number of benzene rings is 3. The highest BCUT2D eigenvalue weighted by atomic mass is 16.5. The van der Waals surface area contributed by atoms with Gasteiger partial charge >= 0.3 is 5.97 Å². The molecule has 3 aromatic carbocycles. The highest BCUT2D eigenvalue weighted by molar-refractivity contribution is 6.40. The zero-order valence-electron chi connectivity index (χ0n) is 17.1. The van der Waals surface area contributed by atoms with Crippen molar-refractivity contribution in [3.05, 3.63) is 96.1 Å². The fourth-order valence-electron chi connectivity index (χ4n) is 2.88. The highest BCUT2D eigenvalue weighted by Gasteiger charge is 2.19. The van der Waals surface area contributed by atoms with Crippen molar-refractivity contribution in [2.24, 2.45) is 5.10 Å². The van der Waals surface area contributed by atoms with Gasteiger partial charge in [0.15, 0.2) is 11.5 Å². The summed E-state index contributed by atoms with van der Waals surface area (Å²) in [5.41, 5.74) is 5.02. The molecule has 1 N–H and O–H groups in total. The Balaban J connectivity index is 1.72. The van der Waals surface area contributed by atoms with Crippen molar-refractivity contribution in [1.29, 1.82) is 0 Å². The quantitative estimate of drug-likeness (QED) is 0.258. The molecular weight excluding hydrogens is 392 g/mol. The van der Waals surface area contributed by atoms with E-state index in [0.717, 1.165) is 11.1 Å². The van der Waals surface area contributed by atoms with E-state index in [9.17, 15) is 14.4 Å². The van der Waals surface area contributed by atoms with Crippen LogP contribution in [0.4, 0.5) is 0 Å². The zero-order chi connectivity index (χ0) is 22.1. The first-order chi connectivity index (χ1) is 15.1. The van der Waals surface area contributed by atoms with Gasteiger partial charge in [-0.2, -0.15) is 5.10 Å². The first kappa shape index (κ1) is 21.6. The van der Waals surface area contributed by atoms with E-state index < -0.39 is 11.9 Å². The molecule has 0 aliphatic rings. The van der Waals surface area contributed by atoms with Crippen LogP contribution in [0.1, 0.15) is 34.1 Å². The van der Waals surface area contributed by atoms with Crippen molar-refractivity contribution in [2.45, 2.75) is 13.3 Å². The van der Waals surface area contributed by atoms with E-state index in [1.807, 2.05) is 42.5 Å². The Kier molecular flexibility index (Phi) is 7.43. The van der Waals surface area contributed by atoms with Crippen LogP contribution in [0.15, 0.2) is 90.0 Å². The molecule has 0 fully saturated rings. The summed E-state index contributed by atoms with van der Waals surface area (Å²) in [4.78, 5) is 37.1. The number of esters is 1. The standard InChI is InChI=1S/C25H22N2O4/c1-2-31-25(30)22(17-23(28)20-11-7-4-8-12-20)26-27-24(29)21-15-13-19(14-16-21)18-9-5-3-6-10-18/h3-16H,2,17H2,1H3,(H,27,29)/b26-22-. The molecule has 0 radical (unpaired) electrons. The van der Waals surface area contributed by atoms with Gasteiger partial charge in [-0.3, -0.25) is 9.59 Å². The van der Waals surface area contributed by atoms with Crippen molar-refractivity contribution < 1.29 is 19.1 Å². The lowest BCUT2D eigenvalue weighted by Gasteiger charge is -2.07. The molecule has 0 spiro atoms. The van der Waals surface area contributed by atoms with Gasteiger partial charge in [-0.15, -0.1) is 0 Å². The summed E-state index contributed by atoms with van der Waals surface area (Å²) in [6.45, 7) is 1.79. The van der Waals surface area contributed by atoms with Gasteiger partial charge in [-0.05, 0) is 30.2 Å². The minimum absolute atomic E-state index is 0.131. The first-order valence-corrected chi connectivity index (χ1v) is 9.86. The summed E-state index contributed by atoms with van der Waals surface area (Å²) in [6.07, 6.45) is -0.282. The zero-order valence-corrected chi connectivity index (χ0v) is 17.1. The number of ether oxygens (including phenoxy) is 1. The molecule has 31 heavy (non-hydrogen) atoms. The van der Waals surface area contributed by atoms with Crippen LogP contribution in [0.25, 0.3) is 11.1 Å². The van der Waals surface area contributed by atoms with Crippen molar-refractivity contribution in [3.63, 3.8) is 0 Å². The second kappa shape index (κ2) is 10.6. The topological polar surface area (TPSA) is 84.8 Å². The van der Waals surface area contributed by atoms with Crippen molar-refractivity contribution in [1.82, 2.24) is 5.43 Å². The van der Waals surface area contributed by atoms with Crippen LogP contribution in [0, 0.1) is 0 Å². The van der Waals surface area contributed by atoms with E-state index >= 15 is 0 Å². The molecule has 156 valence electrons. The van der Waals surface area contributed by atoms with Gasteiger partial charge in [0, 0.05) is 11.1 Å². The van der Waals surface area contributed by atoms with Gasteiger partial charge in [0.25, 0.3) is 5.91 Å². The first-order valence-electron chi connectivity index (χ1n) is 9.86. The lowest BCUT2D eigenvalue weighted by Crippen LogP contribution is -2.26. The molecular formula is C25H22N2O4. The van der Waals surface area contributed by atoms with Crippen LogP contribution in [-0.4, -0.2) is 30.0 Å². The minimum atomic E-state index is -0.744. The van der Waals surface area contributed by atoms with E-state index in [0.29, 0.717) is 11.1 Å². The lowest BCUT2D eigenvalue weighted by molar-refractivity contribution is -0.135. The molecule has 0 unspecified atom stereocenters. The Morgan fingerprint density at radius 3 is 1.97 bits per heavy atom. The smallest absolute Gasteiger partial charge is 0.354 e. The molecule has 0 atom stereocenters. The molecule has 0 saturated heterocycles. The number of carbonyl (C=O) groups excluding carboxylic acids is 3. The molecule has 1 amide bonds. The Morgan fingerprint density at radius 1 is 0.774 bits per heavy atom. The van der Waals surface area contributed by atoms with E-state index in [-0.39, 0.29) is 24.5 Å². The molecule has 6 heteroatoms. The molecule has 3 aromatic rings. The molecule has 0 aromatic heterocycles. The lowest BCUT2D eigenvalue weighted by atomic mass is 10.0. The molecule has 3 rings (SSSR count). The number of carbonyl (C=O) groups is 3. The number of hydrazone groups is 1. The number of nitrogens with zero attached hydrogens (tertiary/aromatic N) is 1. The minimum Gasteiger partial charge on any atom is -0.461 e. The van der Waals surface area contributed by atoms with Crippen molar-refractivity contribution >= 4 is 23.4 Å². The van der Waals surface area contributed by atoms with E-state index in [2.05, 4.69) is 10.5 Å². The van der Waals surface area contributed by atoms with Crippen LogP contribution in [0.2, 0.25) is 0 Å². The fraction of sp³-hybridized carbons (Fsp3) is 0.120. The van der Waals surface area contributed by atoms with Gasteiger partial charge in [0.1, 0.15) is 0 Å². The summed E-state index contributed by atoms with van der Waals surface area (Å²) in [6, 6.07) is 25.4. The highest BCUT2D eigenvalue weighted by Crippen LogP contribution is 2.19. The predicted octanol–water partition coefficient (Wildman–Crippen LogP) is 4.28. The maximum atomic E-state index is 12.5. The second-order valence-corrected chi connectivity index (χ2v) is 6.63. The van der Waals surface area contributed by atoms with Crippen molar-refractivity contribution in [3.8, 4) is 11.1 Å². The average Bonchev–Trinajstić information content (AvgIpc) is 2.82. The largest absolute Gasteiger partial charge is 0.461 e. The van der Waals surface area contributed by atoms with Gasteiger partial charge in [-0.1, -0.05) is 72.8 Å². The number of nitrogens with one attached hydrogen (secondary N) is 1. The van der Waals surface area contributed by atoms with Crippen LogP contribution in [0.5, 0.6) is 0 Å². The predicted molar refractivity (Wildman–Crippen MR) is 119 cm³/mol. The maximum absolute atomic E-state index is 12.5. The monoisotopic (exact) mass is 414 g/mol. The number of ketones is 1. The molecule has 0 aliphatic carbocycles. The van der Waals surface area contributed by atoms with Gasteiger partial charge in [0.2, 0.25) is 0 Å². The summed E-state index contributed by atoms with van der Waals surface area (Å²) in [7, 11) is 0. The van der Waals surface area contributed by atoms with Crippen LogP contribution in [0.3, 0.4) is 0 Å². The molecule has 0 saturated carbocycles. The number of amides is 1. The maximum Gasteiger partial charge on any atom is 0.354 e. The summed E-state index contributed by atoms with van der Waals surface area (Å²) < 4.78 is 4.97. The summed E-state index contributed by atoms with van der Waals surface area (Å²) >= 11 is 0. The number of Topliss-reactive ketones (excluding diaryl/α,β-unsaturated/α-hetero) is 1. The second-order valence-electron chi connectivity index (χ2n) is 6.63. The molecule has 0 aliphatic heterocycles.